The summed E-state index contributed by atoms with van der Waals surface area (Å²) in [4.78, 5) is 6.60. The molecule has 0 bridgehead atoms. The molecule has 0 fully saturated rings. The van der Waals surface area contributed by atoms with Gasteiger partial charge < -0.3 is 10.6 Å². The molecule has 1 aromatic rings. The lowest BCUT2D eigenvalue weighted by atomic mass is 10.3. The highest BCUT2D eigenvalue weighted by molar-refractivity contribution is 5.50. The molecule has 3 heteroatoms. The average molecular weight is 193 g/mol. The van der Waals surface area contributed by atoms with Crippen molar-refractivity contribution in [3.63, 3.8) is 0 Å². The third kappa shape index (κ3) is 2.91. The Morgan fingerprint density at radius 3 is 2.43 bits per heavy atom. The van der Waals surface area contributed by atoms with Crippen molar-refractivity contribution >= 4 is 11.5 Å². The number of nitrogen functional groups attached to an aromatic ring is 1. The smallest absolute Gasteiger partial charge is 0.130 e. The maximum absolute atomic E-state index is 5.72. The van der Waals surface area contributed by atoms with Gasteiger partial charge in [0.15, 0.2) is 0 Å². The molecule has 3 nitrogen and oxygen atoms in total. The number of aromatic nitrogens is 1. The Bertz CT molecular complexity index is 267. The molecule has 1 aromatic heterocycles. The molecule has 0 unspecified atom stereocenters. The van der Waals surface area contributed by atoms with Crippen LogP contribution in [0.2, 0.25) is 0 Å². The van der Waals surface area contributed by atoms with E-state index in [2.05, 4.69) is 23.7 Å². The van der Waals surface area contributed by atoms with Gasteiger partial charge in [-0.25, -0.2) is 4.98 Å². The summed E-state index contributed by atoms with van der Waals surface area (Å²) in [6.45, 7) is 6.44. The van der Waals surface area contributed by atoms with E-state index in [0.717, 1.165) is 37.4 Å². The summed E-state index contributed by atoms with van der Waals surface area (Å²) >= 11 is 0. The van der Waals surface area contributed by atoms with Crippen LogP contribution in [0.1, 0.15) is 26.7 Å². The predicted octanol–water partition coefficient (Wildman–Crippen LogP) is 2.29. The first-order valence-electron chi connectivity index (χ1n) is 5.24. The molecule has 78 valence electrons. The highest BCUT2D eigenvalue weighted by Gasteiger charge is 2.05. The average Bonchev–Trinajstić information content (AvgIpc) is 2.17. The summed E-state index contributed by atoms with van der Waals surface area (Å²) in [5, 5.41) is 0. The van der Waals surface area contributed by atoms with Crippen molar-refractivity contribution in [2.45, 2.75) is 26.7 Å². The second-order valence-electron chi connectivity index (χ2n) is 3.43. The van der Waals surface area contributed by atoms with Crippen LogP contribution in [-0.4, -0.2) is 18.1 Å². The molecular formula is C11H19N3. The van der Waals surface area contributed by atoms with Gasteiger partial charge in [0.2, 0.25) is 0 Å². The van der Waals surface area contributed by atoms with Gasteiger partial charge in [0.1, 0.15) is 5.82 Å². The SMILES string of the molecule is CCCN(CCC)c1cc(N)ccn1. The highest BCUT2D eigenvalue weighted by Crippen LogP contribution is 2.14. The van der Waals surface area contributed by atoms with E-state index < -0.39 is 0 Å². The van der Waals surface area contributed by atoms with Gasteiger partial charge in [0, 0.05) is 31.0 Å². The minimum absolute atomic E-state index is 0.784. The Kier molecular flexibility index (Phi) is 4.23. The first-order chi connectivity index (χ1) is 6.77. The van der Waals surface area contributed by atoms with Crippen molar-refractivity contribution < 1.29 is 0 Å². The Labute approximate surface area is 85.9 Å². The quantitative estimate of drug-likeness (QED) is 0.780. The summed E-state index contributed by atoms with van der Waals surface area (Å²) in [7, 11) is 0. The van der Waals surface area contributed by atoms with Crippen LogP contribution in [0.25, 0.3) is 0 Å². The summed E-state index contributed by atoms with van der Waals surface area (Å²) in [6.07, 6.45) is 4.04. The van der Waals surface area contributed by atoms with Crippen LogP contribution in [0.5, 0.6) is 0 Å². The number of rotatable bonds is 5. The van der Waals surface area contributed by atoms with Gasteiger partial charge in [-0.15, -0.1) is 0 Å². The zero-order chi connectivity index (χ0) is 10.4. The molecule has 14 heavy (non-hydrogen) atoms. The van der Waals surface area contributed by atoms with Crippen LogP contribution in [-0.2, 0) is 0 Å². The minimum Gasteiger partial charge on any atom is -0.399 e. The second-order valence-corrected chi connectivity index (χ2v) is 3.43. The Morgan fingerprint density at radius 2 is 1.93 bits per heavy atom. The number of hydrogen-bond donors (Lipinski definition) is 1. The number of anilines is 2. The van der Waals surface area contributed by atoms with Crippen LogP contribution < -0.4 is 10.6 Å². The summed E-state index contributed by atoms with van der Waals surface area (Å²) in [5.74, 6) is 0.994. The first-order valence-corrected chi connectivity index (χ1v) is 5.24. The number of pyridine rings is 1. The molecule has 0 saturated heterocycles. The van der Waals surface area contributed by atoms with E-state index in [1.807, 2.05) is 12.1 Å². The van der Waals surface area contributed by atoms with Gasteiger partial charge in [-0.1, -0.05) is 13.8 Å². The molecule has 1 heterocycles. The van der Waals surface area contributed by atoms with Crippen LogP contribution in [0.3, 0.4) is 0 Å². The van der Waals surface area contributed by atoms with Gasteiger partial charge in [0.05, 0.1) is 0 Å². The van der Waals surface area contributed by atoms with E-state index in [1.54, 1.807) is 6.20 Å². The summed E-state index contributed by atoms with van der Waals surface area (Å²) in [5.41, 5.74) is 6.51. The standard InChI is InChI=1S/C11H19N3/c1-3-7-14(8-4-2)11-9-10(12)5-6-13-11/h5-6,9H,3-4,7-8H2,1-2H3,(H2,12,13). The van der Waals surface area contributed by atoms with E-state index >= 15 is 0 Å². The molecule has 0 aliphatic heterocycles. The summed E-state index contributed by atoms with van der Waals surface area (Å²) in [6, 6.07) is 3.75. The molecular weight excluding hydrogens is 174 g/mol. The van der Waals surface area contributed by atoms with Gasteiger partial charge >= 0.3 is 0 Å². The normalized spacial score (nSPS) is 10.1. The lowest BCUT2D eigenvalue weighted by Gasteiger charge is -2.22. The molecule has 0 atom stereocenters. The molecule has 0 amide bonds. The zero-order valence-electron chi connectivity index (χ0n) is 9.03. The highest BCUT2D eigenvalue weighted by atomic mass is 15.2. The van der Waals surface area contributed by atoms with E-state index in [4.69, 9.17) is 5.73 Å². The molecule has 0 spiro atoms. The third-order valence-corrected chi connectivity index (χ3v) is 2.08. The molecule has 0 aliphatic rings. The van der Waals surface area contributed by atoms with Crippen LogP contribution in [0, 0.1) is 0 Å². The second kappa shape index (κ2) is 5.47. The van der Waals surface area contributed by atoms with Crippen molar-refractivity contribution in [2.24, 2.45) is 0 Å². The fourth-order valence-corrected chi connectivity index (χ4v) is 1.49. The largest absolute Gasteiger partial charge is 0.399 e. The lowest BCUT2D eigenvalue weighted by molar-refractivity contribution is 0.734. The van der Waals surface area contributed by atoms with Crippen molar-refractivity contribution in [1.29, 1.82) is 0 Å². The summed E-state index contributed by atoms with van der Waals surface area (Å²) < 4.78 is 0. The van der Waals surface area contributed by atoms with Crippen molar-refractivity contribution in [2.75, 3.05) is 23.7 Å². The fourth-order valence-electron chi connectivity index (χ4n) is 1.49. The zero-order valence-corrected chi connectivity index (χ0v) is 9.03. The van der Waals surface area contributed by atoms with Crippen LogP contribution in [0.4, 0.5) is 11.5 Å². The van der Waals surface area contributed by atoms with Gasteiger partial charge in [0.25, 0.3) is 0 Å². The Hall–Kier alpha value is -1.25. The van der Waals surface area contributed by atoms with Crippen molar-refractivity contribution in [1.82, 2.24) is 4.98 Å². The number of nitrogens with two attached hydrogens (primary N) is 1. The Morgan fingerprint density at radius 1 is 1.29 bits per heavy atom. The van der Waals surface area contributed by atoms with E-state index in [1.165, 1.54) is 0 Å². The fraction of sp³-hybridized carbons (Fsp3) is 0.545. The Balaban J connectivity index is 2.75. The molecule has 0 saturated carbocycles. The minimum atomic E-state index is 0.784. The first kappa shape index (κ1) is 10.8. The lowest BCUT2D eigenvalue weighted by Crippen LogP contribution is -2.25. The van der Waals surface area contributed by atoms with Crippen molar-refractivity contribution in [3.8, 4) is 0 Å². The van der Waals surface area contributed by atoms with Crippen LogP contribution >= 0.6 is 0 Å². The monoisotopic (exact) mass is 193 g/mol. The maximum atomic E-state index is 5.72. The third-order valence-electron chi connectivity index (χ3n) is 2.08. The molecule has 2 N–H and O–H groups in total. The van der Waals surface area contributed by atoms with Gasteiger partial charge in [-0.05, 0) is 18.9 Å². The molecule has 0 radical (unpaired) electrons. The van der Waals surface area contributed by atoms with E-state index in [-0.39, 0.29) is 0 Å². The number of hydrogen-bond acceptors (Lipinski definition) is 3. The van der Waals surface area contributed by atoms with E-state index in [0.29, 0.717) is 0 Å². The molecule has 0 aromatic carbocycles. The molecule has 1 rings (SSSR count). The predicted molar refractivity (Wildman–Crippen MR) is 61.4 cm³/mol. The van der Waals surface area contributed by atoms with Crippen LogP contribution in [0.15, 0.2) is 18.3 Å². The van der Waals surface area contributed by atoms with Crippen molar-refractivity contribution in [3.05, 3.63) is 18.3 Å². The van der Waals surface area contributed by atoms with Gasteiger partial charge in [-0.2, -0.15) is 0 Å². The van der Waals surface area contributed by atoms with Gasteiger partial charge in [-0.3, -0.25) is 0 Å². The number of nitrogens with zero attached hydrogens (tertiary/aromatic N) is 2. The topological polar surface area (TPSA) is 42.1 Å². The molecule has 0 aliphatic carbocycles. The van der Waals surface area contributed by atoms with E-state index in [9.17, 15) is 0 Å². The maximum Gasteiger partial charge on any atom is 0.130 e.